The first-order chi connectivity index (χ1) is 51.5. The number of hydrogen-bond donors (Lipinski definition) is 0. The molecular weight excluding hydrogens is 1300 g/mol. The van der Waals surface area contributed by atoms with Crippen LogP contribution in [0.1, 0.15) is 0 Å². The van der Waals surface area contributed by atoms with Gasteiger partial charge in [0.15, 0.2) is 0 Å². The van der Waals surface area contributed by atoms with Crippen molar-refractivity contribution in [1.82, 2.24) is 0 Å². The number of benzene rings is 17. The Hall–Kier alpha value is -13.1. The highest BCUT2D eigenvalue weighted by atomic mass is 32.1. The van der Waals surface area contributed by atoms with E-state index in [1.807, 2.05) is 28.7 Å². The van der Waals surface area contributed by atoms with Gasteiger partial charge in [-0.2, -0.15) is 0 Å². The van der Waals surface area contributed by atoms with Crippen molar-refractivity contribution in [3.8, 4) is 66.8 Å². The predicted octanol–water partition coefficient (Wildman–Crippen LogP) is 29.5. The molecule has 17 aromatic carbocycles. The van der Waals surface area contributed by atoms with E-state index < -0.39 is 0 Å². The number of furan rings is 2. The highest BCUT2D eigenvalue weighted by molar-refractivity contribution is 7.26. The highest BCUT2D eigenvalue weighted by Crippen LogP contribution is 2.53. The Labute approximate surface area is 607 Å². The van der Waals surface area contributed by atoms with Crippen LogP contribution in [0.3, 0.4) is 0 Å². The van der Waals surface area contributed by atoms with Crippen molar-refractivity contribution in [3.63, 3.8) is 0 Å². The van der Waals surface area contributed by atoms with Crippen LogP contribution in [0.4, 0.5) is 34.1 Å². The molecule has 21 aromatic rings. The fourth-order valence-corrected chi connectivity index (χ4v) is 18.5. The minimum absolute atomic E-state index is 0.844. The van der Waals surface area contributed by atoms with Crippen LogP contribution >= 0.6 is 22.7 Å². The number of para-hydroxylation sites is 4. The molecule has 0 saturated carbocycles. The summed E-state index contributed by atoms with van der Waals surface area (Å²) >= 11 is 3.73. The molecule has 0 aliphatic rings. The number of rotatable bonds is 12. The molecule has 0 aliphatic heterocycles. The Morgan fingerprint density at radius 2 is 0.615 bits per heavy atom. The quantitative estimate of drug-likeness (QED) is 0.122. The normalized spacial score (nSPS) is 11.8. The molecule has 4 aromatic heterocycles. The lowest BCUT2D eigenvalue weighted by Crippen LogP contribution is -2.11. The van der Waals surface area contributed by atoms with Gasteiger partial charge in [-0.25, -0.2) is 0 Å². The van der Waals surface area contributed by atoms with Crippen molar-refractivity contribution in [1.29, 1.82) is 0 Å². The van der Waals surface area contributed by atoms with Gasteiger partial charge in [-0.05, 0) is 181 Å². The van der Waals surface area contributed by atoms with Crippen molar-refractivity contribution in [3.05, 3.63) is 364 Å². The number of anilines is 6. The number of fused-ring (bicyclic) bond motifs is 14. The van der Waals surface area contributed by atoms with Gasteiger partial charge in [-0.15, -0.1) is 22.7 Å². The summed E-state index contributed by atoms with van der Waals surface area (Å²) in [6, 6.07) is 133. The molecule has 0 fully saturated rings. The Kier molecular flexibility index (Phi) is 14.0. The average molecular weight is 1360 g/mol. The predicted molar refractivity (Wildman–Crippen MR) is 444 cm³/mol. The molecule has 0 saturated heterocycles. The van der Waals surface area contributed by atoms with Crippen LogP contribution < -0.4 is 9.80 Å². The van der Waals surface area contributed by atoms with Crippen LogP contribution in [-0.4, -0.2) is 0 Å². The summed E-state index contributed by atoms with van der Waals surface area (Å²) in [4.78, 5) is 4.87. The molecule has 21 rings (SSSR count). The molecule has 0 N–H and O–H groups in total. The number of thiophene rings is 2. The van der Waals surface area contributed by atoms with Gasteiger partial charge in [0.05, 0.1) is 33.5 Å². The number of hydrogen-bond acceptors (Lipinski definition) is 6. The molecular formula is C98H60N2O2S2. The minimum Gasteiger partial charge on any atom is -0.456 e. The lowest BCUT2D eigenvalue weighted by atomic mass is 9.90. The van der Waals surface area contributed by atoms with Gasteiger partial charge < -0.3 is 18.6 Å². The molecule has 6 heteroatoms. The maximum atomic E-state index is 6.64. The third kappa shape index (κ3) is 9.94. The Bertz CT molecular complexity index is 7000. The first kappa shape index (κ1) is 59.7. The van der Waals surface area contributed by atoms with Crippen molar-refractivity contribution in [2.45, 2.75) is 0 Å². The smallest absolute Gasteiger partial charge is 0.137 e. The van der Waals surface area contributed by atoms with Crippen LogP contribution in [0.5, 0.6) is 0 Å². The zero-order valence-corrected chi connectivity index (χ0v) is 57.8. The molecule has 486 valence electrons. The van der Waals surface area contributed by atoms with Crippen LogP contribution in [-0.2, 0) is 0 Å². The maximum absolute atomic E-state index is 6.64. The average Bonchev–Trinajstić information content (AvgIpc) is 1.61. The molecule has 4 nitrogen and oxygen atoms in total. The SMILES string of the molecule is c1ccc(N(c2ccc(-c3ccc(-c4ccc5ccc(-c6c(-c7ccccc7N(c7ccc(-c8ccc9ccccc9c8)cc7)c7cccc8oc9ccccc9c78)ccc7c6sc6ccccc67)cc5c4)cc3)cc2)c2cccc3oc4ccccc4c23)c(-c2ccc3c(c2)sc2ccccc23)c1. The van der Waals surface area contributed by atoms with E-state index in [9.17, 15) is 0 Å². The highest BCUT2D eigenvalue weighted by Gasteiger charge is 2.27. The summed E-state index contributed by atoms with van der Waals surface area (Å²) < 4.78 is 18.3. The number of nitrogens with zero attached hydrogens (tertiary/aromatic N) is 2. The van der Waals surface area contributed by atoms with Gasteiger partial charge in [-0.3, -0.25) is 0 Å². The van der Waals surface area contributed by atoms with Crippen molar-refractivity contribution < 1.29 is 8.83 Å². The van der Waals surface area contributed by atoms with E-state index in [4.69, 9.17) is 8.83 Å². The first-order valence-corrected chi connectivity index (χ1v) is 37.0. The van der Waals surface area contributed by atoms with Crippen LogP contribution in [0.15, 0.2) is 373 Å². The lowest BCUT2D eigenvalue weighted by molar-refractivity contribution is 0.668. The van der Waals surface area contributed by atoms with Gasteiger partial charge in [0.25, 0.3) is 0 Å². The summed E-state index contributed by atoms with van der Waals surface area (Å²) in [5, 5.41) is 14.2. The van der Waals surface area contributed by atoms with Gasteiger partial charge in [0, 0.05) is 79.2 Å². The fraction of sp³-hybridized carbons (Fsp3) is 0. The van der Waals surface area contributed by atoms with E-state index in [-0.39, 0.29) is 0 Å². The molecule has 4 heterocycles. The standard InChI is InChI=1S/C98H60N2O2S2/c1-2-18-67-57-68(42-39-61(67)17-1)65-47-52-74(53-48-65)100(87-28-16-32-91-97(87)83-24-6-12-30-89(83)102-91)85-26-10-4-20-76(85)80-55-56-81-78-22-8-14-34-93(78)104-98(81)95(80)71-44-41-66-40-43-69(58-72(66)59-71)64-37-35-62(36-38-64)63-45-50-73(51-46-63)99(86-27-15-31-90-96(86)82-23-5-11-29-88(82)101-90)84-25-9-3-19-75(84)70-49-54-79-77-21-7-13-33-92(77)103-94(79)60-70/h1-60H. The van der Waals surface area contributed by atoms with Crippen molar-refractivity contribution in [2.75, 3.05) is 9.80 Å². The summed E-state index contributed by atoms with van der Waals surface area (Å²) in [7, 11) is 0. The fourth-order valence-electron chi connectivity index (χ4n) is 16.1. The second kappa shape index (κ2) is 24.3. The van der Waals surface area contributed by atoms with Crippen LogP contribution in [0, 0.1) is 0 Å². The van der Waals surface area contributed by atoms with Gasteiger partial charge >= 0.3 is 0 Å². The van der Waals surface area contributed by atoms with Crippen molar-refractivity contribution >= 4 is 163 Å². The zero-order chi connectivity index (χ0) is 68.3. The Balaban J connectivity index is 0.652. The molecule has 0 aliphatic carbocycles. The Morgan fingerprint density at radius 1 is 0.212 bits per heavy atom. The minimum atomic E-state index is 0.844. The molecule has 0 atom stereocenters. The van der Waals surface area contributed by atoms with E-state index in [1.54, 1.807) is 0 Å². The molecule has 104 heavy (non-hydrogen) atoms. The van der Waals surface area contributed by atoms with E-state index in [1.165, 1.54) is 78.6 Å². The van der Waals surface area contributed by atoms with Gasteiger partial charge in [0.1, 0.15) is 22.3 Å². The van der Waals surface area contributed by atoms with E-state index in [0.717, 1.165) is 128 Å². The van der Waals surface area contributed by atoms with E-state index >= 15 is 0 Å². The van der Waals surface area contributed by atoms with Gasteiger partial charge in [-0.1, -0.05) is 255 Å². The molecule has 0 bridgehead atoms. The summed E-state index contributed by atoms with van der Waals surface area (Å²) in [5.41, 5.74) is 23.6. The third-order valence-electron chi connectivity index (χ3n) is 21.1. The second-order valence-corrected chi connectivity index (χ2v) is 29.1. The van der Waals surface area contributed by atoms with Crippen LogP contribution in [0.2, 0.25) is 0 Å². The molecule has 0 unspecified atom stereocenters. The van der Waals surface area contributed by atoms with E-state index in [2.05, 4.69) is 368 Å². The first-order valence-electron chi connectivity index (χ1n) is 35.3. The maximum Gasteiger partial charge on any atom is 0.137 e. The monoisotopic (exact) mass is 1360 g/mol. The topological polar surface area (TPSA) is 32.8 Å². The summed E-state index contributed by atoms with van der Waals surface area (Å²) in [5.74, 6) is 0. The van der Waals surface area contributed by atoms with E-state index in [0.29, 0.717) is 0 Å². The molecule has 0 radical (unpaired) electrons. The summed E-state index contributed by atoms with van der Waals surface area (Å²) in [6.45, 7) is 0. The van der Waals surface area contributed by atoms with Gasteiger partial charge in [0.2, 0.25) is 0 Å². The lowest BCUT2D eigenvalue weighted by Gasteiger charge is -2.29. The Morgan fingerprint density at radius 3 is 1.24 bits per heavy atom. The molecule has 0 amide bonds. The second-order valence-electron chi connectivity index (χ2n) is 27.0. The molecule has 0 spiro atoms. The van der Waals surface area contributed by atoms with Crippen molar-refractivity contribution in [2.24, 2.45) is 0 Å². The summed E-state index contributed by atoms with van der Waals surface area (Å²) in [6.07, 6.45) is 0. The van der Waals surface area contributed by atoms with Crippen LogP contribution in [0.25, 0.3) is 173 Å². The third-order valence-corrected chi connectivity index (χ3v) is 23.4. The zero-order valence-electron chi connectivity index (χ0n) is 56.2. The largest absolute Gasteiger partial charge is 0.456 e.